The van der Waals surface area contributed by atoms with Crippen LogP contribution in [0.2, 0.25) is 0 Å². The average molecular weight is 210 g/mol. The minimum Gasteiger partial charge on any atom is -0.346 e. The topological polar surface area (TPSA) is 64.2 Å². The van der Waals surface area contributed by atoms with Crippen LogP contribution in [0.3, 0.4) is 0 Å². The predicted molar refractivity (Wildman–Crippen MR) is 58.2 cm³/mol. The number of nitrogens with two attached hydrogens (primary N) is 1. The molecule has 0 aliphatic rings. The first-order valence-electron chi connectivity index (χ1n) is 5.15. The third kappa shape index (κ3) is 4.12. The monoisotopic (exact) mass is 210 g/mol. The zero-order valence-corrected chi connectivity index (χ0v) is 9.09. The quantitative estimate of drug-likeness (QED) is 0.723. The smallest absolute Gasteiger partial charge is 0.224 e. The van der Waals surface area contributed by atoms with E-state index in [1.807, 2.05) is 12.3 Å². The van der Waals surface area contributed by atoms with Gasteiger partial charge in [-0.3, -0.25) is 9.48 Å². The van der Waals surface area contributed by atoms with Crippen molar-refractivity contribution in [2.24, 2.45) is 5.73 Å². The fourth-order valence-electron chi connectivity index (χ4n) is 1.29. The average Bonchev–Trinajstić information content (AvgIpc) is 2.75. The van der Waals surface area contributed by atoms with Crippen LogP contribution >= 0.6 is 0 Å². The van der Waals surface area contributed by atoms with Crippen LogP contribution in [0.5, 0.6) is 0 Å². The van der Waals surface area contributed by atoms with Gasteiger partial charge in [0.2, 0.25) is 5.91 Å². The minimum absolute atomic E-state index is 0.138. The molecule has 1 heterocycles. The van der Waals surface area contributed by atoms with Gasteiger partial charge >= 0.3 is 0 Å². The summed E-state index contributed by atoms with van der Waals surface area (Å²) in [5.41, 5.74) is 5.38. The van der Waals surface area contributed by atoms with E-state index in [-0.39, 0.29) is 5.91 Å². The second kappa shape index (κ2) is 6.19. The van der Waals surface area contributed by atoms with E-state index in [1.165, 1.54) is 0 Å². The standard InChI is InChI=1S/C10H18N4O/c1-13(7-2-5-11)10(15)4-9-14-8-3-6-12-14/h3,6,8H,2,4-5,7,9,11H2,1H3. The third-order valence-electron chi connectivity index (χ3n) is 2.24. The third-order valence-corrected chi connectivity index (χ3v) is 2.24. The first-order valence-corrected chi connectivity index (χ1v) is 5.15. The summed E-state index contributed by atoms with van der Waals surface area (Å²) in [6.07, 6.45) is 4.91. The maximum absolute atomic E-state index is 11.6. The number of carbonyl (C=O) groups is 1. The number of nitrogens with zero attached hydrogens (tertiary/aromatic N) is 3. The van der Waals surface area contributed by atoms with Crippen molar-refractivity contribution in [1.82, 2.24) is 14.7 Å². The summed E-state index contributed by atoms with van der Waals surface area (Å²) in [6.45, 7) is 1.99. The van der Waals surface area contributed by atoms with Crippen LogP contribution in [0.25, 0.3) is 0 Å². The van der Waals surface area contributed by atoms with Crippen LogP contribution in [-0.4, -0.2) is 40.7 Å². The Bertz CT molecular complexity index is 284. The van der Waals surface area contributed by atoms with Gasteiger partial charge in [-0.1, -0.05) is 0 Å². The van der Waals surface area contributed by atoms with E-state index >= 15 is 0 Å². The van der Waals surface area contributed by atoms with Crippen molar-refractivity contribution in [3.8, 4) is 0 Å². The molecule has 0 radical (unpaired) electrons. The fraction of sp³-hybridized carbons (Fsp3) is 0.600. The highest BCUT2D eigenvalue weighted by molar-refractivity contribution is 5.75. The van der Waals surface area contributed by atoms with E-state index in [0.717, 1.165) is 13.0 Å². The lowest BCUT2D eigenvalue weighted by atomic mass is 10.3. The molecule has 1 amide bonds. The van der Waals surface area contributed by atoms with E-state index < -0.39 is 0 Å². The van der Waals surface area contributed by atoms with Crippen LogP contribution in [0.15, 0.2) is 18.5 Å². The molecule has 0 fully saturated rings. The number of amides is 1. The van der Waals surface area contributed by atoms with Gasteiger partial charge in [0.05, 0.1) is 0 Å². The van der Waals surface area contributed by atoms with Crippen LogP contribution in [0.1, 0.15) is 12.8 Å². The Labute approximate surface area is 89.9 Å². The van der Waals surface area contributed by atoms with Crippen LogP contribution in [-0.2, 0) is 11.3 Å². The number of hydrogen-bond acceptors (Lipinski definition) is 3. The maximum Gasteiger partial charge on any atom is 0.224 e. The van der Waals surface area contributed by atoms with Crippen LogP contribution < -0.4 is 5.73 Å². The molecule has 0 aliphatic carbocycles. The Morgan fingerprint density at radius 3 is 3.00 bits per heavy atom. The second-order valence-corrected chi connectivity index (χ2v) is 3.48. The molecule has 84 valence electrons. The minimum atomic E-state index is 0.138. The molecule has 0 aromatic carbocycles. The van der Waals surface area contributed by atoms with Crippen molar-refractivity contribution in [2.45, 2.75) is 19.4 Å². The van der Waals surface area contributed by atoms with Gasteiger partial charge in [-0.05, 0) is 19.0 Å². The van der Waals surface area contributed by atoms with Crippen molar-refractivity contribution >= 4 is 5.91 Å². The van der Waals surface area contributed by atoms with Crippen molar-refractivity contribution in [2.75, 3.05) is 20.1 Å². The molecule has 0 atom stereocenters. The van der Waals surface area contributed by atoms with E-state index in [1.54, 1.807) is 22.8 Å². The predicted octanol–water partition coefficient (Wildman–Crippen LogP) is 0.0804. The van der Waals surface area contributed by atoms with Crippen LogP contribution in [0.4, 0.5) is 0 Å². The fourth-order valence-corrected chi connectivity index (χ4v) is 1.29. The SMILES string of the molecule is CN(CCCN)C(=O)CCn1cccn1. The molecule has 1 aromatic heterocycles. The molecule has 0 unspecified atom stereocenters. The van der Waals surface area contributed by atoms with Gasteiger partial charge in [0.25, 0.3) is 0 Å². The molecule has 0 aliphatic heterocycles. The molecule has 0 spiro atoms. The molecule has 5 nitrogen and oxygen atoms in total. The summed E-state index contributed by atoms with van der Waals surface area (Å²) in [4.78, 5) is 13.3. The first kappa shape index (κ1) is 11.7. The van der Waals surface area contributed by atoms with E-state index in [9.17, 15) is 4.79 Å². The lowest BCUT2D eigenvalue weighted by Gasteiger charge is -2.16. The van der Waals surface area contributed by atoms with Gasteiger partial charge in [-0.15, -0.1) is 0 Å². The van der Waals surface area contributed by atoms with Crippen molar-refractivity contribution < 1.29 is 4.79 Å². The van der Waals surface area contributed by atoms with Crippen molar-refractivity contribution in [3.63, 3.8) is 0 Å². The number of rotatable bonds is 6. The molecule has 5 heteroatoms. The Morgan fingerprint density at radius 2 is 2.40 bits per heavy atom. The summed E-state index contributed by atoms with van der Waals surface area (Å²) >= 11 is 0. The number of aryl methyl sites for hydroxylation is 1. The normalized spacial score (nSPS) is 10.3. The molecule has 2 N–H and O–H groups in total. The van der Waals surface area contributed by atoms with Gasteiger partial charge < -0.3 is 10.6 Å². The molecule has 0 bridgehead atoms. The zero-order chi connectivity index (χ0) is 11.1. The molecular weight excluding hydrogens is 192 g/mol. The van der Waals surface area contributed by atoms with Gasteiger partial charge in [0, 0.05) is 39.0 Å². The number of carbonyl (C=O) groups excluding carboxylic acids is 1. The molecule has 0 saturated heterocycles. The lowest BCUT2D eigenvalue weighted by Crippen LogP contribution is -2.29. The van der Waals surface area contributed by atoms with E-state index in [2.05, 4.69) is 5.10 Å². The molecule has 0 saturated carbocycles. The molecule has 1 aromatic rings. The summed E-state index contributed by atoms with van der Waals surface area (Å²) < 4.78 is 1.76. The molecule has 15 heavy (non-hydrogen) atoms. The highest BCUT2D eigenvalue weighted by atomic mass is 16.2. The van der Waals surface area contributed by atoms with Crippen molar-refractivity contribution in [1.29, 1.82) is 0 Å². The Hall–Kier alpha value is -1.36. The van der Waals surface area contributed by atoms with Gasteiger partial charge in [0.1, 0.15) is 0 Å². The van der Waals surface area contributed by atoms with Gasteiger partial charge in [-0.2, -0.15) is 5.10 Å². The Balaban J connectivity index is 2.23. The highest BCUT2D eigenvalue weighted by Gasteiger charge is 2.07. The van der Waals surface area contributed by atoms with Gasteiger partial charge in [0.15, 0.2) is 0 Å². The Morgan fingerprint density at radius 1 is 1.60 bits per heavy atom. The summed E-state index contributed by atoms with van der Waals surface area (Å²) in [6, 6.07) is 1.85. The summed E-state index contributed by atoms with van der Waals surface area (Å²) in [7, 11) is 1.81. The van der Waals surface area contributed by atoms with Gasteiger partial charge in [-0.25, -0.2) is 0 Å². The molecule has 1 rings (SSSR count). The first-order chi connectivity index (χ1) is 7.24. The van der Waals surface area contributed by atoms with Crippen molar-refractivity contribution in [3.05, 3.63) is 18.5 Å². The largest absolute Gasteiger partial charge is 0.346 e. The number of aromatic nitrogens is 2. The lowest BCUT2D eigenvalue weighted by molar-refractivity contribution is -0.130. The van der Waals surface area contributed by atoms with E-state index in [0.29, 0.717) is 19.5 Å². The van der Waals surface area contributed by atoms with E-state index in [4.69, 9.17) is 5.73 Å². The maximum atomic E-state index is 11.6. The summed E-state index contributed by atoms with van der Waals surface area (Å²) in [5.74, 6) is 0.138. The highest BCUT2D eigenvalue weighted by Crippen LogP contribution is 1.95. The second-order valence-electron chi connectivity index (χ2n) is 3.48. The number of hydrogen-bond donors (Lipinski definition) is 1. The Kier molecular flexibility index (Phi) is 4.83. The summed E-state index contributed by atoms with van der Waals surface area (Å²) in [5, 5.41) is 4.04. The van der Waals surface area contributed by atoms with Crippen LogP contribution in [0, 0.1) is 0 Å². The molecular formula is C10H18N4O. The zero-order valence-electron chi connectivity index (χ0n) is 9.09.